The predicted octanol–water partition coefficient (Wildman–Crippen LogP) is 4.19. The van der Waals surface area contributed by atoms with Gasteiger partial charge in [0, 0.05) is 38.9 Å². The first-order valence-corrected chi connectivity index (χ1v) is 11.3. The maximum Gasteiger partial charge on any atom is 0.419 e. The van der Waals surface area contributed by atoms with E-state index in [0.29, 0.717) is 47.6 Å². The fourth-order valence-corrected chi connectivity index (χ4v) is 4.38. The number of aryl methyl sites for hydroxylation is 2. The van der Waals surface area contributed by atoms with Crippen LogP contribution in [0, 0.1) is 12.7 Å². The lowest BCUT2D eigenvalue weighted by Crippen LogP contribution is -2.47. The van der Waals surface area contributed by atoms with Crippen LogP contribution in [0.3, 0.4) is 0 Å². The zero-order valence-electron chi connectivity index (χ0n) is 20.3. The van der Waals surface area contributed by atoms with Crippen LogP contribution in [-0.2, 0) is 18.0 Å². The summed E-state index contributed by atoms with van der Waals surface area (Å²) in [5.41, 5.74) is 0.109. The Morgan fingerprint density at radius 3 is 2.49 bits per heavy atom. The Labute approximate surface area is 216 Å². The Hall–Kier alpha value is -3.45. The number of pyridine rings is 1. The number of likely N-dealkylation sites (N-methyl/N-ethyl adjacent to an activating group) is 1. The fraction of sp³-hybridized carbons (Fsp3) is 0.391. The van der Waals surface area contributed by atoms with Gasteiger partial charge < -0.3 is 15.1 Å². The van der Waals surface area contributed by atoms with Gasteiger partial charge in [0.25, 0.3) is 0 Å². The fourth-order valence-electron chi connectivity index (χ4n) is 4.38. The van der Waals surface area contributed by atoms with E-state index in [9.17, 15) is 27.2 Å². The number of piperazine rings is 1. The molecule has 3 aromatic rings. The van der Waals surface area contributed by atoms with E-state index in [-0.39, 0.29) is 30.2 Å². The number of fused-ring (bicyclic) bond motifs is 1. The van der Waals surface area contributed by atoms with E-state index < -0.39 is 23.6 Å². The third kappa shape index (κ3) is 5.47. The summed E-state index contributed by atoms with van der Waals surface area (Å²) < 4.78 is 54.6. The molecule has 1 fully saturated rings. The number of hydrogen-bond donors (Lipinski definition) is 1. The molecular formula is C23H26ClF4N7O2. The molecule has 1 saturated heterocycles. The molecule has 1 N–H and O–H groups in total. The van der Waals surface area contributed by atoms with Crippen LogP contribution in [-0.4, -0.2) is 64.8 Å². The van der Waals surface area contributed by atoms with Crippen LogP contribution in [0.1, 0.15) is 18.2 Å². The smallest absolute Gasteiger partial charge is 0.367 e. The SMILES string of the molecule is CCN1CCN(c2c(N(C=O)C(=O)Nc3ccc(F)c(C(F)(F)F)c3)cnc3c2c(C)nn3C)CC1.Cl. The van der Waals surface area contributed by atoms with Crippen molar-refractivity contribution >= 4 is 52.9 Å². The van der Waals surface area contributed by atoms with Crippen molar-refractivity contribution in [1.29, 1.82) is 0 Å². The molecule has 1 aliphatic heterocycles. The molecule has 3 amide bonds. The molecule has 0 atom stereocenters. The number of amides is 3. The number of imide groups is 1. The topological polar surface area (TPSA) is 86.6 Å². The van der Waals surface area contributed by atoms with Gasteiger partial charge in [-0.1, -0.05) is 6.92 Å². The largest absolute Gasteiger partial charge is 0.419 e. The van der Waals surface area contributed by atoms with Gasteiger partial charge in [0.1, 0.15) is 5.82 Å². The molecule has 9 nitrogen and oxygen atoms in total. The van der Waals surface area contributed by atoms with Gasteiger partial charge in [-0.3, -0.25) is 9.48 Å². The van der Waals surface area contributed by atoms with Crippen molar-refractivity contribution in [1.82, 2.24) is 19.7 Å². The van der Waals surface area contributed by atoms with Gasteiger partial charge in [-0.25, -0.2) is 19.1 Å². The summed E-state index contributed by atoms with van der Waals surface area (Å²) in [4.78, 5) is 34.7. The van der Waals surface area contributed by atoms with Crippen molar-refractivity contribution in [2.45, 2.75) is 20.0 Å². The number of halogens is 5. The zero-order valence-corrected chi connectivity index (χ0v) is 21.2. The molecule has 4 rings (SSSR count). The first kappa shape index (κ1) is 28.1. The molecule has 200 valence electrons. The molecule has 0 radical (unpaired) electrons. The molecule has 0 saturated carbocycles. The van der Waals surface area contributed by atoms with Gasteiger partial charge in [0.2, 0.25) is 6.41 Å². The molecule has 0 unspecified atom stereocenters. The van der Waals surface area contributed by atoms with Gasteiger partial charge in [-0.2, -0.15) is 18.3 Å². The summed E-state index contributed by atoms with van der Waals surface area (Å²) in [5, 5.41) is 7.35. The van der Waals surface area contributed by atoms with Crippen LogP contribution in [0.2, 0.25) is 0 Å². The average molecular weight is 544 g/mol. The summed E-state index contributed by atoms with van der Waals surface area (Å²) >= 11 is 0. The Kier molecular flexibility index (Phi) is 8.28. The first-order chi connectivity index (χ1) is 17.0. The number of nitrogens with one attached hydrogen (secondary N) is 1. The minimum absolute atomic E-state index is 0. The number of alkyl halides is 3. The van der Waals surface area contributed by atoms with Crippen LogP contribution in [0.15, 0.2) is 24.4 Å². The van der Waals surface area contributed by atoms with E-state index in [2.05, 4.69) is 27.2 Å². The average Bonchev–Trinajstić information content (AvgIpc) is 3.13. The Balaban J connectivity index is 0.00000380. The van der Waals surface area contributed by atoms with Gasteiger partial charge in [-0.05, 0) is 31.7 Å². The van der Waals surface area contributed by atoms with Crippen molar-refractivity contribution in [3.63, 3.8) is 0 Å². The third-order valence-electron chi connectivity index (χ3n) is 6.22. The van der Waals surface area contributed by atoms with Gasteiger partial charge >= 0.3 is 12.2 Å². The van der Waals surface area contributed by atoms with E-state index in [1.54, 1.807) is 18.7 Å². The summed E-state index contributed by atoms with van der Waals surface area (Å²) in [5.74, 6) is -1.47. The van der Waals surface area contributed by atoms with Crippen molar-refractivity contribution in [3.05, 3.63) is 41.5 Å². The first-order valence-electron chi connectivity index (χ1n) is 11.3. The second-order valence-electron chi connectivity index (χ2n) is 8.42. The number of aromatic nitrogens is 3. The lowest BCUT2D eigenvalue weighted by Gasteiger charge is -2.37. The normalized spacial score (nSPS) is 14.4. The lowest BCUT2D eigenvalue weighted by molar-refractivity contribution is -0.139. The highest BCUT2D eigenvalue weighted by atomic mass is 35.5. The van der Waals surface area contributed by atoms with Crippen LogP contribution >= 0.6 is 12.4 Å². The lowest BCUT2D eigenvalue weighted by atomic mass is 10.1. The van der Waals surface area contributed by atoms with Crippen molar-refractivity contribution in [2.75, 3.05) is 47.8 Å². The van der Waals surface area contributed by atoms with E-state index in [1.165, 1.54) is 6.20 Å². The molecule has 37 heavy (non-hydrogen) atoms. The predicted molar refractivity (Wildman–Crippen MR) is 134 cm³/mol. The molecule has 14 heteroatoms. The number of carbonyl (C=O) groups excluding carboxylic acids is 2. The Morgan fingerprint density at radius 2 is 1.89 bits per heavy atom. The van der Waals surface area contributed by atoms with E-state index in [0.717, 1.165) is 30.6 Å². The van der Waals surface area contributed by atoms with Gasteiger partial charge in [-0.15, -0.1) is 12.4 Å². The van der Waals surface area contributed by atoms with E-state index in [4.69, 9.17) is 0 Å². The highest BCUT2D eigenvalue weighted by Gasteiger charge is 2.35. The maximum absolute atomic E-state index is 13.7. The molecule has 0 bridgehead atoms. The molecule has 1 aromatic carbocycles. The van der Waals surface area contributed by atoms with Crippen LogP contribution in [0.4, 0.5) is 39.4 Å². The number of anilines is 3. The van der Waals surface area contributed by atoms with Crippen molar-refractivity contribution in [2.24, 2.45) is 7.05 Å². The minimum Gasteiger partial charge on any atom is -0.367 e. The monoisotopic (exact) mass is 543 g/mol. The summed E-state index contributed by atoms with van der Waals surface area (Å²) in [6.07, 6.45) is -3.32. The van der Waals surface area contributed by atoms with Crippen molar-refractivity contribution in [3.8, 4) is 0 Å². The maximum atomic E-state index is 13.7. The zero-order chi connectivity index (χ0) is 26.2. The molecule has 1 aliphatic rings. The molecule has 2 aromatic heterocycles. The number of urea groups is 1. The van der Waals surface area contributed by atoms with Crippen LogP contribution < -0.4 is 15.1 Å². The number of nitrogens with zero attached hydrogens (tertiary/aromatic N) is 6. The van der Waals surface area contributed by atoms with Crippen molar-refractivity contribution < 1.29 is 27.2 Å². The summed E-state index contributed by atoms with van der Waals surface area (Å²) in [7, 11) is 1.73. The van der Waals surface area contributed by atoms with E-state index in [1.807, 2.05) is 4.90 Å². The number of carbonyl (C=O) groups is 2. The van der Waals surface area contributed by atoms with Crippen LogP contribution in [0.5, 0.6) is 0 Å². The Bertz CT molecular complexity index is 1310. The molecule has 3 heterocycles. The molecular weight excluding hydrogens is 518 g/mol. The quantitative estimate of drug-likeness (QED) is 0.383. The molecule has 0 aliphatic carbocycles. The highest BCUT2D eigenvalue weighted by molar-refractivity contribution is 6.16. The second kappa shape index (κ2) is 10.9. The highest BCUT2D eigenvalue weighted by Crippen LogP contribution is 2.38. The second-order valence-corrected chi connectivity index (χ2v) is 8.42. The van der Waals surface area contributed by atoms with Gasteiger partial charge in [0.05, 0.1) is 34.2 Å². The van der Waals surface area contributed by atoms with Crippen LogP contribution in [0.25, 0.3) is 11.0 Å². The Morgan fingerprint density at radius 1 is 1.22 bits per heavy atom. The summed E-state index contributed by atoms with van der Waals surface area (Å²) in [6, 6.07) is 1.06. The number of rotatable bonds is 5. The summed E-state index contributed by atoms with van der Waals surface area (Å²) in [6.45, 7) is 7.52. The third-order valence-corrected chi connectivity index (χ3v) is 6.22. The minimum atomic E-state index is -4.95. The number of hydrogen-bond acceptors (Lipinski definition) is 6. The van der Waals surface area contributed by atoms with E-state index >= 15 is 0 Å². The van der Waals surface area contributed by atoms with Gasteiger partial charge in [0.15, 0.2) is 5.65 Å². The standard InChI is InChI=1S/C23H25F4N7O2.ClH/c1-4-32-7-9-33(10-8-32)20-18(12-28-21-19(20)14(2)30-31(21)3)34(13-35)22(36)29-15-5-6-17(24)16(11-15)23(25,26)27;/h5-6,11-13H,4,7-10H2,1-3H3,(H,29,36);1H. The number of benzene rings is 1. The molecule has 0 spiro atoms.